The van der Waals surface area contributed by atoms with E-state index in [-0.39, 0.29) is 0 Å². The van der Waals surface area contributed by atoms with Gasteiger partial charge in [-0.1, -0.05) is 27.7 Å². The molecule has 0 aliphatic carbocycles. The topological polar surface area (TPSA) is 20.3 Å². The molecule has 102 valence electrons. The van der Waals surface area contributed by atoms with Crippen LogP contribution in [0, 0.1) is 17.8 Å². The molecule has 0 aromatic rings. The molecule has 17 heavy (non-hydrogen) atoms. The highest BCUT2D eigenvalue weighted by Crippen LogP contribution is 2.24. The van der Waals surface area contributed by atoms with Crippen molar-refractivity contribution in [2.75, 3.05) is 13.1 Å². The summed E-state index contributed by atoms with van der Waals surface area (Å²) in [7, 11) is 0. The summed E-state index contributed by atoms with van der Waals surface area (Å²) in [5.41, 5.74) is 0. The summed E-state index contributed by atoms with van der Waals surface area (Å²) < 4.78 is 0. The first-order valence-corrected chi connectivity index (χ1v) is 7.18. The van der Waals surface area contributed by atoms with Crippen molar-refractivity contribution >= 4 is 5.91 Å². The lowest BCUT2D eigenvalue weighted by Crippen LogP contribution is -2.32. The van der Waals surface area contributed by atoms with Crippen molar-refractivity contribution in [1.29, 1.82) is 0 Å². The fraction of sp³-hybridized carbons (Fsp3) is 0.933. The monoisotopic (exact) mass is 241 g/mol. The minimum Gasteiger partial charge on any atom is -0.343 e. The van der Waals surface area contributed by atoms with Gasteiger partial charge in [0.05, 0.1) is 0 Å². The number of hydrogen-bond donors (Lipinski definition) is 0. The predicted molar refractivity (Wildman–Crippen MR) is 74.9 cm³/mol. The van der Waals surface area contributed by atoms with Crippen LogP contribution in [0.5, 0.6) is 0 Å². The van der Waals surface area contributed by atoms with Crippen molar-refractivity contribution < 1.29 is 4.79 Å². The minimum absolute atomic E-state index is 0.335. The van der Waals surface area contributed by atoms with Gasteiger partial charge >= 0.3 is 0 Å². The lowest BCUT2D eigenvalue weighted by Gasteiger charge is -2.25. The van der Waals surface area contributed by atoms with Gasteiger partial charge in [-0.3, -0.25) is 4.79 Å². The van der Waals surface area contributed by atoms with E-state index in [1.807, 2.05) is 4.90 Å². The summed E-state index contributed by atoms with van der Waals surface area (Å²) in [6, 6.07) is 0. The lowest BCUT2D eigenvalue weighted by atomic mass is 9.87. The van der Waals surface area contributed by atoms with Crippen LogP contribution < -0.4 is 0 Å². The molecular formula is C15H31NO. The van der Waals surface area contributed by atoms with Crippen molar-refractivity contribution in [2.45, 2.75) is 60.8 Å². The zero-order valence-electron chi connectivity index (χ0n) is 12.6. The molecule has 0 atom stereocenters. The van der Waals surface area contributed by atoms with Crippen molar-refractivity contribution in [3.8, 4) is 0 Å². The Morgan fingerprint density at radius 3 is 1.65 bits per heavy atom. The maximum absolute atomic E-state index is 12.1. The zero-order valence-corrected chi connectivity index (χ0v) is 12.6. The van der Waals surface area contributed by atoms with Gasteiger partial charge in [-0.15, -0.1) is 0 Å². The second kappa shape index (κ2) is 8.54. The molecule has 2 nitrogen and oxygen atoms in total. The summed E-state index contributed by atoms with van der Waals surface area (Å²) >= 11 is 0. The van der Waals surface area contributed by atoms with Gasteiger partial charge in [0.25, 0.3) is 0 Å². The minimum atomic E-state index is 0.335. The summed E-state index contributed by atoms with van der Waals surface area (Å²) in [4.78, 5) is 14.1. The molecule has 0 saturated heterocycles. The second-order valence-electron chi connectivity index (χ2n) is 5.90. The molecule has 0 bridgehead atoms. The van der Waals surface area contributed by atoms with Gasteiger partial charge < -0.3 is 4.90 Å². The van der Waals surface area contributed by atoms with E-state index in [4.69, 9.17) is 0 Å². The van der Waals surface area contributed by atoms with E-state index in [1.54, 1.807) is 0 Å². The summed E-state index contributed by atoms with van der Waals surface area (Å²) in [5, 5.41) is 0. The highest BCUT2D eigenvalue weighted by atomic mass is 16.2. The van der Waals surface area contributed by atoms with Crippen molar-refractivity contribution in [3.05, 3.63) is 0 Å². The molecule has 0 aliphatic heterocycles. The van der Waals surface area contributed by atoms with E-state index < -0.39 is 0 Å². The van der Waals surface area contributed by atoms with E-state index in [0.29, 0.717) is 23.7 Å². The Balaban J connectivity index is 4.35. The molecule has 0 fully saturated rings. The Hall–Kier alpha value is -0.530. The summed E-state index contributed by atoms with van der Waals surface area (Å²) in [6.45, 7) is 14.8. The molecule has 0 aromatic heterocycles. The maximum Gasteiger partial charge on any atom is 0.222 e. The van der Waals surface area contributed by atoms with Crippen LogP contribution in [0.2, 0.25) is 0 Å². The average molecular weight is 241 g/mol. The first-order valence-electron chi connectivity index (χ1n) is 7.18. The van der Waals surface area contributed by atoms with Crippen LogP contribution in [0.25, 0.3) is 0 Å². The SMILES string of the molecule is CCN(CC)C(=O)CC(CC(C)C)CC(C)C. The number of amides is 1. The molecule has 0 N–H and O–H groups in total. The van der Waals surface area contributed by atoms with Crippen LogP contribution in [-0.4, -0.2) is 23.9 Å². The number of nitrogens with zero attached hydrogens (tertiary/aromatic N) is 1. The highest BCUT2D eigenvalue weighted by molar-refractivity contribution is 5.76. The van der Waals surface area contributed by atoms with Gasteiger partial charge in [-0.25, -0.2) is 0 Å². The van der Waals surface area contributed by atoms with Gasteiger partial charge in [0.1, 0.15) is 0 Å². The third kappa shape index (κ3) is 7.40. The Kier molecular flexibility index (Phi) is 8.28. The summed E-state index contributed by atoms with van der Waals surface area (Å²) in [6.07, 6.45) is 3.08. The van der Waals surface area contributed by atoms with Crippen LogP contribution in [-0.2, 0) is 4.79 Å². The highest BCUT2D eigenvalue weighted by Gasteiger charge is 2.19. The second-order valence-corrected chi connectivity index (χ2v) is 5.90. The molecule has 0 radical (unpaired) electrons. The third-order valence-corrected chi connectivity index (χ3v) is 3.19. The fourth-order valence-electron chi connectivity index (χ4n) is 2.55. The van der Waals surface area contributed by atoms with Crippen molar-refractivity contribution in [1.82, 2.24) is 4.90 Å². The Morgan fingerprint density at radius 1 is 0.941 bits per heavy atom. The van der Waals surface area contributed by atoms with Gasteiger partial charge in [0.15, 0.2) is 0 Å². The standard InChI is InChI=1S/C15H31NO/c1-7-16(8-2)15(17)11-14(9-12(3)4)10-13(5)6/h12-14H,7-11H2,1-6H3. The first kappa shape index (κ1) is 16.5. The van der Waals surface area contributed by atoms with Crippen LogP contribution in [0.3, 0.4) is 0 Å². The van der Waals surface area contributed by atoms with Crippen LogP contribution in [0.15, 0.2) is 0 Å². The molecule has 0 rings (SSSR count). The molecule has 0 aromatic carbocycles. The molecule has 0 spiro atoms. The van der Waals surface area contributed by atoms with E-state index >= 15 is 0 Å². The Labute approximate surface area is 108 Å². The van der Waals surface area contributed by atoms with Crippen LogP contribution in [0.4, 0.5) is 0 Å². The molecule has 2 heteroatoms. The first-order chi connectivity index (χ1) is 7.90. The van der Waals surface area contributed by atoms with Gasteiger partial charge in [-0.2, -0.15) is 0 Å². The average Bonchev–Trinajstić information content (AvgIpc) is 2.16. The molecule has 0 saturated carbocycles. The number of carbonyl (C=O) groups excluding carboxylic acids is 1. The summed E-state index contributed by atoms with van der Waals surface area (Å²) in [5.74, 6) is 2.26. The predicted octanol–water partition coefficient (Wildman–Crippen LogP) is 3.95. The van der Waals surface area contributed by atoms with E-state index in [0.717, 1.165) is 19.5 Å². The van der Waals surface area contributed by atoms with E-state index in [9.17, 15) is 4.79 Å². The van der Waals surface area contributed by atoms with Gasteiger partial charge in [-0.05, 0) is 44.4 Å². The van der Waals surface area contributed by atoms with E-state index in [2.05, 4.69) is 41.5 Å². The molecule has 0 unspecified atom stereocenters. The number of rotatable bonds is 8. The maximum atomic E-state index is 12.1. The number of carbonyl (C=O) groups is 1. The van der Waals surface area contributed by atoms with Gasteiger partial charge in [0.2, 0.25) is 5.91 Å². The molecular weight excluding hydrogens is 210 g/mol. The largest absolute Gasteiger partial charge is 0.343 e. The van der Waals surface area contributed by atoms with Gasteiger partial charge in [0, 0.05) is 19.5 Å². The van der Waals surface area contributed by atoms with Crippen LogP contribution in [0.1, 0.15) is 60.8 Å². The van der Waals surface area contributed by atoms with Crippen LogP contribution >= 0.6 is 0 Å². The fourth-order valence-corrected chi connectivity index (χ4v) is 2.55. The van der Waals surface area contributed by atoms with Crippen molar-refractivity contribution in [2.24, 2.45) is 17.8 Å². The quantitative estimate of drug-likeness (QED) is 0.630. The number of hydrogen-bond acceptors (Lipinski definition) is 1. The van der Waals surface area contributed by atoms with E-state index in [1.165, 1.54) is 12.8 Å². The lowest BCUT2D eigenvalue weighted by molar-refractivity contribution is -0.132. The molecule has 0 aliphatic rings. The smallest absolute Gasteiger partial charge is 0.222 e. The molecule has 0 heterocycles. The Bertz CT molecular complexity index is 197. The van der Waals surface area contributed by atoms with Crippen molar-refractivity contribution in [3.63, 3.8) is 0 Å². The normalized spacial score (nSPS) is 11.6. The zero-order chi connectivity index (χ0) is 13.4. The third-order valence-electron chi connectivity index (χ3n) is 3.19. The molecule has 1 amide bonds. The Morgan fingerprint density at radius 2 is 1.35 bits per heavy atom.